The van der Waals surface area contributed by atoms with E-state index in [0.717, 1.165) is 30.2 Å². The van der Waals surface area contributed by atoms with Crippen LogP contribution in [0.15, 0.2) is 46.9 Å². The van der Waals surface area contributed by atoms with E-state index in [1.165, 1.54) is 0 Å². The summed E-state index contributed by atoms with van der Waals surface area (Å²) in [6.07, 6.45) is 3.69. The Morgan fingerprint density at radius 1 is 1.06 bits per heavy atom. The number of carbonyl (C=O) groups is 3. The molecule has 1 aliphatic carbocycles. The maximum absolute atomic E-state index is 12.7. The number of unbranched alkanes of at least 4 members (excludes halogenated alkanes) is 1. The minimum absolute atomic E-state index is 0.000625. The van der Waals surface area contributed by atoms with Crippen molar-refractivity contribution in [2.24, 2.45) is 5.92 Å². The van der Waals surface area contributed by atoms with Crippen LogP contribution in [0.5, 0.6) is 5.75 Å². The second-order valence-electron chi connectivity index (χ2n) is 7.55. The Morgan fingerprint density at radius 3 is 2.45 bits per heavy atom. The van der Waals surface area contributed by atoms with Crippen LogP contribution >= 0.6 is 28.1 Å². The maximum Gasteiger partial charge on any atom is 0.269 e. The van der Waals surface area contributed by atoms with Gasteiger partial charge in [-0.1, -0.05) is 29.3 Å². The summed E-state index contributed by atoms with van der Waals surface area (Å²) in [5, 5.41) is 5.27. The first-order valence-corrected chi connectivity index (χ1v) is 11.8. The van der Waals surface area contributed by atoms with Crippen molar-refractivity contribution in [3.63, 3.8) is 0 Å². The predicted molar refractivity (Wildman–Crippen MR) is 133 cm³/mol. The number of hydrogen-bond donors (Lipinski definition) is 4. The van der Waals surface area contributed by atoms with E-state index in [0.29, 0.717) is 29.2 Å². The Morgan fingerprint density at radius 2 is 1.79 bits per heavy atom. The van der Waals surface area contributed by atoms with Crippen molar-refractivity contribution < 1.29 is 19.1 Å². The highest BCUT2D eigenvalue weighted by atomic mass is 79.9. The number of benzene rings is 2. The van der Waals surface area contributed by atoms with Gasteiger partial charge < -0.3 is 10.1 Å². The zero-order chi connectivity index (χ0) is 23.8. The molecule has 10 heteroatoms. The standard InChI is InChI=1S/C23H25BrN4O4S/c1-2-3-12-32-19-11-8-16(24)13-18(19)22(31)26-23(33)28-27-21(30)15-6-9-17(10-7-15)25-20(29)14-4-5-14/h6-11,13-14H,2-5,12H2,1H3,(H,25,29)(H,27,30)(H2,26,28,31,33). The van der Waals surface area contributed by atoms with Gasteiger partial charge in [-0.3, -0.25) is 30.6 Å². The van der Waals surface area contributed by atoms with Gasteiger partial charge in [0.2, 0.25) is 5.91 Å². The van der Waals surface area contributed by atoms with Gasteiger partial charge in [0.05, 0.1) is 12.2 Å². The van der Waals surface area contributed by atoms with Crippen molar-refractivity contribution in [1.29, 1.82) is 0 Å². The summed E-state index contributed by atoms with van der Waals surface area (Å²) in [5.41, 5.74) is 6.26. The van der Waals surface area contributed by atoms with Gasteiger partial charge in [-0.25, -0.2) is 0 Å². The van der Waals surface area contributed by atoms with Crippen LogP contribution < -0.4 is 26.2 Å². The van der Waals surface area contributed by atoms with E-state index in [-0.39, 0.29) is 16.9 Å². The van der Waals surface area contributed by atoms with E-state index in [2.05, 4.69) is 44.3 Å². The lowest BCUT2D eigenvalue weighted by atomic mass is 10.2. The van der Waals surface area contributed by atoms with Crippen molar-refractivity contribution in [2.45, 2.75) is 32.6 Å². The van der Waals surface area contributed by atoms with Gasteiger partial charge in [-0.05, 0) is 73.9 Å². The fourth-order valence-corrected chi connectivity index (χ4v) is 3.32. The summed E-state index contributed by atoms with van der Waals surface area (Å²) in [6, 6.07) is 11.6. The summed E-state index contributed by atoms with van der Waals surface area (Å²) in [7, 11) is 0. The van der Waals surface area contributed by atoms with E-state index < -0.39 is 11.8 Å². The molecule has 0 aromatic heterocycles. The first kappa shape index (κ1) is 24.7. The molecular formula is C23H25BrN4O4S. The largest absolute Gasteiger partial charge is 0.493 e. The van der Waals surface area contributed by atoms with Crippen LogP contribution in [0, 0.1) is 5.92 Å². The van der Waals surface area contributed by atoms with Crippen molar-refractivity contribution >= 4 is 56.7 Å². The molecule has 0 atom stereocenters. The molecule has 2 aromatic carbocycles. The molecule has 33 heavy (non-hydrogen) atoms. The molecule has 174 valence electrons. The van der Waals surface area contributed by atoms with E-state index in [1.54, 1.807) is 42.5 Å². The summed E-state index contributed by atoms with van der Waals surface area (Å²) < 4.78 is 6.42. The molecular weight excluding hydrogens is 508 g/mol. The smallest absolute Gasteiger partial charge is 0.269 e. The fraction of sp³-hybridized carbons (Fsp3) is 0.304. The van der Waals surface area contributed by atoms with Crippen LogP contribution in [0.1, 0.15) is 53.3 Å². The molecule has 0 bridgehead atoms. The summed E-state index contributed by atoms with van der Waals surface area (Å²) in [4.78, 5) is 36.8. The number of nitrogens with one attached hydrogen (secondary N) is 4. The van der Waals surface area contributed by atoms with Gasteiger partial charge in [0, 0.05) is 21.6 Å². The van der Waals surface area contributed by atoms with E-state index in [9.17, 15) is 14.4 Å². The number of rotatable bonds is 8. The molecule has 1 saturated carbocycles. The lowest BCUT2D eigenvalue weighted by molar-refractivity contribution is -0.117. The van der Waals surface area contributed by atoms with Crippen LogP contribution in [0.2, 0.25) is 0 Å². The second kappa shape index (κ2) is 11.8. The van der Waals surface area contributed by atoms with Gasteiger partial charge in [0.15, 0.2) is 5.11 Å². The zero-order valence-corrected chi connectivity index (χ0v) is 20.5. The Labute approximate surface area is 205 Å². The minimum Gasteiger partial charge on any atom is -0.493 e. The van der Waals surface area contributed by atoms with Gasteiger partial charge in [-0.15, -0.1) is 0 Å². The topological polar surface area (TPSA) is 109 Å². The van der Waals surface area contributed by atoms with Crippen LogP contribution in [0.3, 0.4) is 0 Å². The number of hydrogen-bond acceptors (Lipinski definition) is 5. The molecule has 1 aliphatic rings. The number of halogens is 1. The summed E-state index contributed by atoms with van der Waals surface area (Å²) in [5.74, 6) is -0.364. The third kappa shape index (κ3) is 7.54. The number of ether oxygens (including phenoxy) is 1. The average molecular weight is 533 g/mol. The fourth-order valence-electron chi connectivity index (χ4n) is 2.81. The van der Waals surface area contributed by atoms with Crippen molar-refractivity contribution in [1.82, 2.24) is 16.2 Å². The quantitative estimate of drug-likeness (QED) is 0.233. The Balaban J connectivity index is 1.50. The van der Waals surface area contributed by atoms with Gasteiger partial charge in [0.25, 0.3) is 11.8 Å². The maximum atomic E-state index is 12.7. The van der Waals surface area contributed by atoms with Crippen molar-refractivity contribution in [2.75, 3.05) is 11.9 Å². The molecule has 4 N–H and O–H groups in total. The first-order chi connectivity index (χ1) is 15.9. The highest BCUT2D eigenvalue weighted by molar-refractivity contribution is 9.10. The van der Waals surface area contributed by atoms with E-state index in [1.807, 2.05) is 0 Å². The molecule has 0 radical (unpaired) electrons. The summed E-state index contributed by atoms with van der Waals surface area (Å²) in [6.45, 7) is 2.55. The van der Waals surface area contributed by atoms with E-state index >= 15 is 0 Å². The zero-order valence-electron chi connectivity index (χ0n) is 18.1. The van der Waals surface area contributed by atoms with Crippen molar-refractivity contribution in [3.05, 3.63) is 58.1 Å². The van der Waals surface area contributed by atoms with Gasteiger partial charge >= 0.3 is 0 Å². The van der Waals surface area contributed by atoms with Gasteiger partial charge in [-0.2, -0.15) is 0 Å². The van der Waals surface area contributed by atoms with Crippen LogP contribution in [-0.4, -0.2) is 29.4 Å². The minimum atomic E-state index is -0.467. The Hall–Kier alpha value is -2.98. The van der Waals surface area contributed by atoms with Crippen molar-refractivity contribution in [3.8, 4) is 5.75 Å². The average Bonchev–Trinajstić information content (AvgIpc) is 3.64. The highest BCUT2D eigenvalue weighted by Crippen LogP contribution is 2.30. The number of thiocarbonyl (C=S) groups is 1. The number of carbonyl (C=O) groups excluding carboxylic acids is 3. The Kier molecular flexibility index (Phi) is 8.79. The van der Waals surface area contributed by atoms with Crippen LogP contribution in [0.25, 0.3) is 0 Å². The second-order valence-corrected chi connectivity index (χ2v) is 8.87. The molecule has 8 nitrogen and oxygen atoms in total. The van der Waals surface area contributed by atoms with E-state index in [4.69, 9.17) is 17.0 Å². The third-order valence-corrected chi connectivity index (χ3v) is 5.52. The van der Waals surface area contributed by atoms with Crippen LogP contribution in [0.4, 0.5) is 5.69 Å². The molecule has 0 heterocycles. The lowest BCUT2D eigenvalue weighted by Gasteiger charge is -2.14. The SMILES string of the molecule is CCCCOc1ccc(Br)cc1C(=O)NC(=S)NNC(=O)c1ccc(NC(=O)C2CC2)cc1. The monoisotopic (exact) mass is 532 g/mol. The molecule has 3 amide bonds. The first-order valence-electron chi connectivity index (χ1n) is 10.6. The third-order valence-electron chi connectivity index (χ3n) is 4.82. The molecule has 2 aromatic rings. The molecule has 1 fully saturated rings. The number of amides is 3. The number of hydrazine groups is 1. The normalized spacial score (nSPS) is 12.4. The number of anilines is 1. The summed E-state index contributed by atoms with van der Waals surface area (Å²) >= 11 is 8.47. The molecule has 0 unspecified atom stereocenters. The Bertz CT molecular complexity index is 1040. The molecule has 0 saturated heterocycles. The van der Waals surface area contributed by atoms with Crippen LogP contribution in [-0.2, 0) is 4.79 Å². The van der Waals surface area contributed by atoms with Gasteiger partial charge in [0.1, 0.15) is 5.75 Å². The molecule has 0 aliphatic heterocycles. The lowest BCUT2D eigenvalue weighted by Crippen LogP contribution is -2.48. The molecule has 3 rings (SSSR count). The highest BCUT2D eigenvalue weighted by Gasteiger charge is 2.29. The predicted octanol–water partition coefficient (Wildman–Crippen LogP) is 3.93. The molecule has 0 spiro atoms.